The van der Waals surface area contributed by atoms with Gasteiger partial charge in [0, 0.05) is 23.0 Å². The minimum Gasteiger partial charge on any atom is -0.497 e. The summed E-state index contributed by atoms with van der Waals surface area (Å²) < 4.78 is 38.6. The first-order chi connectivity index (χ1) is 17.0. The fourth-order valence-electron chi connectivity index (χ4n) is 4.13. The van der Waals surface area contributed by atoms with Gasteiger partial charge in [0.25, 0.3) is 5.91 Å². The average molecular weight is 513 g/mol. The first kappa shape index (κ1) is 26.8. The van der Waals surface area contributed by atoms with E-state index in [9.17, 15) is 13.2 Å². The van der Waals surface area contributed by atoms with Crippen molar-refractivity contribution in [3.8, 4) is 17.2 Å². The quantitative estimate of drug-likeness (QED) is 0.348. The molecular formula is C26H32N4O5S. The smallest absolute Gasteiger partial charge is 0.260 e. The molecule has 9 nitrogen and oxygen atoms in total. The number of benzene rings is 2. The number of para-hydroxylation sites is 1. The van der Waals surface area contributed by atoms with Gasteiger partial charge in [0.2, 0.25) is 10.0 Å². The number of methoxy groups -OCH3 is 2. The Labute approximate surface area is 212 Å². The summed E-state index contributed by atoms with van der Waals surface area (Å²) in [5, 5.41) is 4.08. The molecule has 0 atom stereocenters. The average Bonchev–Trinajstić information content (AvgIpc) is 3.09. The maximum atomic E-state index is 12.7. The van der Waals surface area contributed by atoms with Crippen LogP contribution in [0.25, 0.3) is 5.69 Å². The topological polar surface area (TPSA) is 102 Å². The van der Waals surface area contributed by atoms with Crippen LogP contribution in [0.15, 0.2) is 47.6 Å². The molecule has 1 heterocycles. The molecule has 10 heteroatoms. The number of amides is 1. The second kappa shape index (κ2) is 10.9. The first-order valence-electron chi connectivity index (χ1n) is 11.2. The van der Waals surface area contributed by atoms with E-state index in [0.29, 0.717) is 5.75 Å². The van der Waals surface area contributed by atoms with Crippen LogP contribution in [0, 0.1) is 27.7 Å². The van der Waals surface area contributed by atoms with Crippen molar-refractivity contribution in [2.45, 2.75) is 27.7 Å². The Morgan fingerprint density at radius 1 is 1.06 bits per heavy atom. The molecule has 1 N–H and O–H groups in total. The maximum absolute atomic E-state index is 12.7. The standard InChI is InChI=1S/C26H32N4O5S/c1-17-9-8-10-18(2)26(17)30-19(3)13-21(20(30)4)15-27-28-25(31)16-29(36(7,32)33)23-12-11-22(34-5)14-24(23)35-6/h8-15H,16H2,1-7H3,(H,28,31)/b27-15-. The van der Waals surface area contributed by atoms with Crippen LogP contribution in [-0.4, -0.2) is 52.1 Å². The highest BCUT2D eigenvalue weighted by Gasteiger charge is 2.24. The van der Waals surface area contributed by atoms with Crippen molar-refractivity contribution in [1.29, 1.82) is 0 Å². The van der Waals surface area contributed by atoms with Crippen molar-refractivity contribution in [1.82, 2.24) is 9.99 Å². The van der Waals surface area contributed by atoms with Gasteiger partial charge in [-0.1, -0.05) is 18.2 Å². The van der Waals surface area contributed by atoms with Crippen molar-refractivity contribution in [2.75, 3.05) is 31.3 Å². The Morgan fingerprint density at radius 2 is 1.72 bits per heavy atom. The molecule has 0 saturated carbocycles. The lowest BCUT2D eigenvalue weighted by Gasteiger charge is -2.23. The minimum atomic E-state index is -3.79. The largest absolute Gasteiger partial charge is 0.497 e. The SMILES string of the molecule is COc1ccc(N(CC(=O)N/N=C\c2cc(C)n(-c3c(C)cccc3C)c2C)S(C)(=O)=O)c(OC)c1. The number of nitrogens with one attached hydrogen (secondary N) is 1. The Balaban J connectivity index is 1.81. The summed E-state index contributed by atoms with van der Waals surface area (Å²) in [4.78, 5) is 12.7. The molecule has 0 aliphatic heterocycles. The second-order valence-corrected chi connectivity index (χ2v) is 10.4. The van der Waals surface area contributed by atoms with Gasteiger partial charge in [-0.25, -0.2) is 13.8 Å². The zero-order valence-corrected chi connectivity index (χ0v) is 22.4. The van der Waals surface area contributed by atoms with E-state index in [2.05, 4.69) is 41.1 Å². The van der Waals surface area contributed by atoms with E-state index < -0.39 is 22.5 Å². The number of carbonyl (C=O) groups is 1. The van der Waals surface area contributed by atoms with Crippen LogP contribution in [0.3, 0.4) is 0 Å². The van der Waals surface area contributed by atoms with Crippen LogP contribution in [0.5, 0.6) is 11.5 Å². The van der Waals surface area contributed by atoms with Crippen LogP contribution < -0.4 is 19.2 Å². The lowest BCUT2D eigenvalue weighted by molar-refractivity contribution is -0.119. The fourth-order valence-corrected chi connectivity index (χ4v) is 4.99. The summed E-state index contributed by atoms with van der Waals surface area (Å²) in [5.41, 5.74) is 8.93. The predicted molar refractivity (Wildman–Crippen MR) is 142 cm³/mol. The highest BCUT2D eigenvalue weighted by atomic mass is 32.2. The molecule has 0 radical (unpaired) electrons. The third-order valence-corrected chi connectivity index (χ3v) is 7.00. The molecule has 3 rings (SSSR count). The molecule has 36 heavy (non-hydrogen) atoms. The van der Waals surface area contributed by atoms with Crippen LogP contribution in [-0.2, 0) is 14.8 Å². The minimum absolute atomic E-state index is 0.220. The number of hydrogen-bond acceptors (Lipinski definition) is 6. The number of hydrazone groups is 1. The molecule has 0 aliphatic carbocycles. The summed E-state index contributed by atoms with van der Waals surface area (Å²) in [7, 11) is -0.885. The molecule has 2 aromatic carbocycles. The highest BCUT2D eigenvalue weighted by Crippen LogP contribution is 2.33. The van der Waals surface area contributed by atoms with E-state index in [1.165, 1.54) is 20.3 Å². The molecule has 0 spiro atoms. The van der Waals surface area contributed by atoms with E-state index in [-0.39, 0.29) is 11.4 Å². The lowest BCUT2D eigenvalue weighted by Crippen LogP contribution is -2.39. The van der Waals surface area contributed by atoms with Gasteiger partial charge >= 0.3 is 0 Å². The summed E-state index contributed by atoms with van der Waals surface area (Å²) in [6, 6.07) is 12.8. The zero-order valence-electron chi connectivity index (χ0n) is 21.6. The Hall–Kier alpha value is -3.79. The van der Waals surface area contributed by atoms with Crippen LogP contribution in [0.4, 0.5) is 5.69 Å². The molecule has 0 unspecified atom stereocenters. The molecule has 0 aliphatic rings. The highest BCUT2D eigenvalue weighted by molar-refractivity contribution is 7.92. The van der Waals surface area contributed by atoms with Gasteiger partial charge in [0.1, 0.15) is 18.0 Å². The summed E-state index contributed by atoms with van der Waals surface area (Å²) in [6.07, 6.45) is 2.58. The van der Waals surface area contributed by atoms with Gasteiger partial charge < -0.3 is 14.0 Å². The van der Waals surface area contributed by atoms with Gasteiger partial charge in [-0.3, -0.25) is 9.10 Å². The number of nitrogens with zero attached hydrogens (tertiary/aromatic N) is 3. The number of aryl methyl sites for hydroxylation is 3. The van der Waals surface area contributed by atoms with E-state index in [4.69, 9.17) is 9.47 Å². The normalized spacial score (nSPS) is 11.5. The van der Waals surface area contributed by atoms with E-state index in [0.717, 1.165) is 44.3 Å². The number of carbonyl (C=O) groups excluding carboxylic acids is 1. The van der Waals surface area contributed by atoms with Gasteiger partial charge in [-0.15, -0.1) is 0 Å². The number of rotatable bonds is 9. The van der Waals surface area contributed by atoms with Crippen molar-refractivity contribution in [3.63, 3.8) is 0 Å². The molecule has 192 valence electrons. The Kier molecular flexibility index (Phi) is 8.09. The summed E-state index contributed by atoms with van der Waals surface area (Å²) in [5.74, 6) is 0.157. The number of hydrogen-bond donors (Lipinski definition) is 1. The second-order valence-electron chi connectivity index (χ2n) is 8.50. The monoisotopic (exact) mass is 512 g/mol. The van der Waals surface area contributed by atoms with Crippen LogP contribution in [0.2, 0.25) is 0 Å². The Bertz CT molecular complexity index is 1390. The van der Waals surface area contributed by atoms with Crippen molar-refractivity contribution >= 4 is 27.8 Å². The maximum Gasteiger partial charge on any atom is 0.260 e. The van der Waals surface area contributed by atoms with Gasteiger partial charge in [-0.05, 0) is 57.0 Å². The third kappa shape index (κ3) is 5.71. The fraction of sp³-hybridized carbons (Fsp3) is 0.308. The van der Waals surface area contributed by atoms with E-state index in [1.807, 2.05) is 26.0 Å². The lowest BCUT2D eigenvalue weighted by atomic mass is 10.1. The molecule has 0 saturated heterocycles. The number of aromatic nitrogens is 1. The van der Waals surface area contributed by atoms with Crippen LogP contribution in [0.1, 0.15) is 28.1 Å². The summed E-state index contributed by atoms with van der Waals surface area (Å²) >= 11 is 0. The molecular weight excluding hydrogens is 480 g/mol. The predicted octanol–water partition coefficient (Wildman–Crippen LogP) is 3.64. The molecule has 3 aromatic rings. The number of sulfonamides is 1. The van der Waals surface area contributed by atoms with Crippen molar-refractivity contribution in [2.24, 2.45) is 5.10 Å². The van der Waals surface area contributed by atoms with Crippen molar-refractivity contribution in [3.05, 3.63) is 70.5 Å². The molecule has 0 fully saturated rings. The van der Waals surface area contributed by atoms with Crippen molar-refractivity contribution < 1.29 is 22.7 Å². The zero-order chi connectivity index (χ0) is 26.6. The van der Waals surface area contributed by atoms with Crippen LogP contribution >= 0.6 is 0 Å². The van der Waals surface area contributed by atoms with E-state index >= 15 is 0 Å². The molecule has 1 aromatic heterocycles. The van der Waals surface area contributed by atoms with Gasteiger partial charge in [0.15, 0.2) is 0 Å². The summed E-state index contributed by atoms with van der Waals surface area (Å²) in [6.45, 7) is 7.67. The van der Waals surface area contributed by atoms with E-state index in [1.54, 1.807) is 18.3 Å². The molecule has 1 amide bonds. The van der Waals surface area contributed by atoms with Gasteiger partial charge in [0.05, 0.1) is 38.1 Å². The van der Waals surface area contributed by atoms with Gasteiger partial charge in [-0.2, -0.15) is 5.10 Å². The Morgan fingerprint density at radius 3 is 2.31 bits per heavy atom. The third-order valence-electron chi connectivity index (χ3n) is 5.87. The number of anilines is 1. The number of ether oxygens (including phenoxy) is 2. The molecule has 0 bridgehead atoms. The first-order valence-corrected chi connectivity index (χ1v) is 13.1.